The zero-order valence-corrected chi connectivity index (χ0v) is 11.8. The topological polar surface area (TPSA) is 64.4 Å². The first-order valence-corrected chi connectivity index (χ1v) is 7.11. The van der Waals surface area contributed by atoms with Crippen molar-refractivity contribution in [3.63, 3.8) is 0 Å². The first kappa shape index (κ1) is 14.6. The fourth-order valence-electron chi connectivity index (χ4n) is 2.43. The summed E-state index contributed by atoms with van der Waals surface area (Å²) in [6.07, 6.45) is 7.14. The van der Waals surface area contributed by atoms with Crippen molar-refractivity contribution in [1.82, 2.24) is 14.5 Å². The lowest BCUT2D eigenvalue weighted by molar-refractivity contribution is -0.151. The van der Waals surface area contributed by atoms with Crippen LogP contribution in [0.3, 0.4) is 0 Å². The second-order valence-corrected chi connectivity index (χ2v) is 4.96. The third-order valence-corrected chi connectivity index (χ3v) is 3.61. The van der Waals surface area contributed by atoms with Gasteiger partial charge in [-0.05, 0) is 19.8 Å². The number of aromatic nitrogens is 2. The molecule has 0 spiro atoms. The zero-order chi connectivity index (χ0) is 14.4. The third kappa shape index (κ3) is 3.82. The second kappa shape index (κ2) is 7.07. The highest BCUT2D eigenvalue weighted by Gasteiger charge is 2.27. The first-order chi connectivity index (χ1) is 9.70. The molecular weight excluding hydrogens is 258 g/mol. The van der Waals surface area contributed by atoms with Crippen LogP contribution in [0, 0.1) is 5.92 Å². The van der Waals surface area contributed by atoms with Crippen LogP contribution in [-0.4, -0.2) is 46.0 Å². The van der Waals surface area contributed by atoms with E-state index in [4.69, 9.17) is 4.74 Å². The van der Waals surface area contributed by atoms with E-state index in [0.717, 1.165) is 0 Å². The number of ether oxygens (including phenoxy) is 1. The molecule has 0 atom stereocenters. The summed E-state index contributed by atoms with van der Waals surface area (Å²) in [6.45, 7) is 4.17. The standard InChI is InChI=1S/C14H21N3O3/c1-2-20-14(19)12-3-8-17(9-4-12)13(18)5-7-16-10-6-15-11-16/h6,10-12H,2-5,7-9H2,1H3. The van der Waals surface area contributed by atoms with Gasteiger partial charge in [0, 0.05) is 38.4 Å². The summed E-state index contributed by atoms with van der Waals surface area (Å²) in [7, 11) is 0. The highest BCUT2D eigenvalue weighted by atomic mass is 16.5. The van der Waals surface area contributed by atoms with Gasteiger partial charge in [-0.3, -0.25) is 9.59 Å². The maximum absolute atomic E-state index is 12.1. The smallest absolute Gasteiger partial charge is 0.309 e. The first-order valence-electron chi connectivity index (χ1n) is 7.11. The third-order valence-electron chi connectivity index (χ3n) is 3.61. The average Bonchev–Trinajstić information content (AvgIpc) is 2.98. The summed E-state index contributed by atoms with van der Waals surface area (Å²) in [5, 5.41) is 0. The lowest BCUT2D eigenvalue weighted by Gasteiger charge is -2.31. The van der Waals surface area contributed by atoms with E-state index in [2.05, 4.69) is 4.98 Å². The molecule has 0 bridgehead atoms. The van der Waals surface area contributed by atoms with E-state index in [1.165, 1.54) is 0 Å². The van der Waals surface area contributed by atoms with E-state index in [9.17, 15) is 9.59 Å². The van der Waals surface area contributed by atoms with Gasteiger partial charge in [0.15, 0.2) is 0 Å². The van der Waals surface area contributed by atoms with Gasteiger partial charge in [-0.25, -0.2) is 4.98 Å². The molecule has 0 radical (unpaired) electrons. The van der Waals surface area contributed by atoms with Gasteiger partial charge in [0.2, 0.25) is 5.91 Å². The Morgan fingerprint density at radius 3 is 2.70 bits per heavy atom. The minimum atomic E-state index is -0.127. The summed E-state index contributed by atoms with van der Waals surface area (Å²) in [5.41, 5.74) is 0. The van der Waals surface area contributed by atoms with Crippen molar-refractivity contribution in [2.75, 3.05) is 19.7 Å². The number of nitrogens with zero attached hydrogens (tertiary/aromatic N) is 3. The van der Waals surface area contributed by atoms with Crippen molar-refractivity contribution >= 4 is 11.9 Å². The molecule has 6 heteroatoms. The Balaban J connectivity index is 1.73. The van der Waals surface area contributed by atoms with Gasteiger partial charge in [0.25, 0.3) is 0 Å². The van der Waals surface area contributed by atoms with Gasteiger partial charge in [-0.2, -0.15) is 0 Å². The number of imidazole rings is 1. The van der Waals surface area contributed by atoms with Gasteiger partial charge < -0.3 is 14.2 Å². The van der Waals surface area contributed by atoms with Crippen LogP contribution in [0.1, 0.15) is 26.2 Å². The largest absolute Gasteiger partial charge is 0.466 e. The van der Waals surface area contributed by atoms with Crippen LogP contribution >= 0.6 is 0 Å². The molecule has 1 aromatic rings. The van der Waals surface area contributed by atoms with Crippen molar-refractivity contribution in [1.29, 1.82) is 0 Å². The molecule has 1 fully saturated rings. The number of esters is 1. The number of amides is 1. The van der Waals surface area contributed by atoms with Crippen molar-refractivity contribution < 1.29 is 14.3 Å². The molecule has 0 saturated carbocycles. The maximum Gasteiger partial charge on any atom is 0.309 e. The van der Waals surface area contributed by atoms with E-state index in [1.807, 2.05) is 22.6 Å². The number of carbonyl (C=O) groups excluding carboxylic acids is 2. The van der Waals surface area contributed by atoms with Crippen molar-refractivity contribution in [2.24, 2.45) is 5.92 Å². The Bertz CT molecular complexity index is 437. The molecule has 1 aliphatic heterocycles. The molecule has 6 nitrogen and oxygen atoms in total. The molecule has 0 unspecified atom stereocenters. The number of rotatable bonds is 5. The minimum Gasteiger partial charge on any atom is -0.466 e. The number of aryl methyl sites for hydroxylation is 1. The van der Waals surface area contributed by atoms with E-state index < -0.39 is 0 Å². The van der Waals surface area contributed by atoms with E-state index in [0.29, 0.717) is 45.5 Å². The van der Waals surface area contributed by atoms with Gasteiger partial charge in [-0.1, -0.05) is 0 Å². The summed E-state index contributed by atoms with van der Waals surface area (Å²) in [5.74, 6) is -0.0355. The van der Waals surface area contributed by atoms with E-state index in [1.54, 1.807) is 12.5 Å². The quantitative estimate of drug-likeness (QED) is 0.756. The number of likely N-dealkylation sites (tertiary alicyclic amines) is 1. The molecule has 2 heterocycles. The van der Waals surface area contributed by atoms with Crippen LogP contribution in [0.5, 0.6) is 0 Å². The number of piperidine rings is 1. The Kier molecular flexibility index (Phi) is 5.15. The molecule has 0 N–H and O–H groups in total. The van der Waals surface area contributed by atoms with Crippen LogP contribution in [0.2, 0.25) is 0 Å². The summed E-state index contributed by atoms with van der Waals surface area (Å²) >= 11 is 0. The molecule has 2 rings (SSSR count). The van der Waals surface area contributed by atoms with Crippen molar-refractivity contribution in [3.05, 3.63) is 18.7 Å². The van der Waals surface area contributed by atoms with Gasteiger partial charge in [0.05, 0.1) is 18.9 Å². The van der Waals surface area contributed by atoms with Crippen LogP contribution in [0.25, 0.3) is 0 Å². The number of hydrogen-bond acceptors (Lipinski definition) is 4. The molecule has 1 aliphatic rings. The van der Waals surface area contributed by atoms with Gasteiger partial charge >= 0.3 is 5.97 Å². The lowest BCUT2D eigenvalue weighted by Crippen LogP contribution is -2.40. The van der Waals surface area contributed by atoms with E-state index >= 15 is 0 Å². The lowest BCUT2D eigenvalue weighted by atomic mass is 9.97. The predicted octanol–water partition coefficient (Wildman–Crippen LogP) is 1.07. The van der Waals surface area contributed by atoms with Crippen LogP contribution < -0.4 is 0 Å². The van der Waals surface area contributed by atoms with Crippen LogP contribution in [0.4, 0.5) is 0 Å². The predicted molar refractivity (Wildman–Crippen MR) is 72.8 cm³/mol. The summed E-state index contributed by atoms with van der Waals surface area (Å²) < 4.78 is 6.91. The van der Waals surface area contributed by atoms with Crippen LogP contribution in [-0.2, 0) is 20.9 Å². The number of hydrogen-bond donors (Lipinski definition) is 0. The summed E-state index contributed by atoms with van der Waals surface area (Å²) in [4.78, 5) is 29.5. The number of carbonyl (C=O) groups is 2. The molecular formula is C14H21N3O3. The summed E-state index contributed by atoms with van der Waals surface area (Å²) in [6, 6.07) is 0. The Labute approximate surface area is 118 Å². The maximum atomic E-state index is 12.1. The Hall–Kier alpha value is -1.85. The zero-order valence-electron chi connectivity index (χ0n) is 11.8. The Morgan fingerprint density at radius 1 is 1.35 bits per heavy atom. The molecule has 110 valence electrons. The molecule has 0 aromatic carbocycles. The van der Waals surface area contributed by atoms with Crippen molar-refractivity contribution in [3.8, 4) is 0 Å². The average molecular weight is 279 g/mol. The monoisotopic (exact) mass is 279 g/mol. The van der Waals surface area contributed by atoms with Gasteiger partial charge in [0.1, 0.15) is 0 Å². The second-order valence-electron chi connectivity index (χ2n) is 4.96. The molecule has 0 aliphatic carbocycles. The highest BCUT2D eigenvalue weighted by molar-refractivity contribution is 5.77. The van der Waals surface area contributed by atoms with Gasteiger partial charge in [-0.15, -0.1) is 0 Å². The van der Waals surface area contributed by atoms with Crippen LogP contribution in [0.15, 0.2) is 18.7 Å². The molecule has 1 saturated heterocycles. The fraction of sp³-hybridized carbons (Fsp3) is 0.643. The highest BCUT2D eigenvalue weighted by Crippen LogP contribution is 2.19. The normalized spacial score (nSPS) is 16.1. The molecule has 20 heavy (non-hydrogen) atoms. The molecule has 1 amide bonds. The SMILES string of the molecule is CCOC(=O)C1CCN(C(=O)CCn2ccnc2)CC1. The molecule has 1 aromatic heterocycles. The fourth-order valence-corrected chi connectivity index (χ4v) is 2.43. The van der Waals surface area contributed by atoms with E-state index in [-0.39, 0.29) is 17.8 Å². The van der Waals surface area contributed by atoms with Crippen molar-refractivity contribution in [2.45, 2.75) is 32.7 Å². The minimum absolute atomic E-state index is 0.0485. The Morgan fingerprint density at radius 2 is 2.10 bits per heavy atom.